The molecule has 5 nitrogen and oxygen atoms in total. The van der Waals surface area contributed by atoms with Gasteiger partial charge in [0.2, 0.25) is 0 Å². The van der Waals surface area contributed by atoms with Gasteiger partial charge in [-0.15, -0.1) is 0 Å². The van der Waals surface area contributed by atoms with Crippen molar-refractivity contribution in [2.75, 3.05) is 0 Å². The fourth-order valence-corrected chi connectivity index (χ4v) is 2.98. The summed E-state index contributed by atoms with van der Waals surface area (Å²) < 4.78 is 0. The number of nitrogens with zero attached hydrogens (tertiary/aromatic N) is 2. The predicted octanol–water partition coefficient (Wildman–Crippen LogP) is 4.94. The molecule has 0 atom stereocenters. The summed E-state index contributed by atoms with van der Waals surface area (Å²) in [5, 5.41) is 13.3. The SMILES string of the molecule is O=[N+]([O-])c1ccc(-c2ccc3[nH]c4nccc(Cl)c4c3c2)cc1. The molecular weight excluding hydrogens is 314 g/mol. The average Bonchev–Trinajstić information content (AvgIpc) is 2.93. The molecule has 0 unspecified atom stereocenters. The molecule has 0 radical (unpaired) electrons. The van der Waals surface area contributed by atoms with Crippen LogP contribution in [0.2, 0.25) is 5.02 Å². The van der Waals surface area contributed by atoms with Gasteiger partial charge in [0.05, 0.1) is 9.95 Å². The number of nitro benzene ring substituents is 1. The highest BCUT2D eigenvalue weighted by Crippen LogP contribution is 2.33. The Labute approximate surface area is 135 Å². The van der Waals surface area contributed by atoms with Crippen LogP contribution >= 0.6 is 11.6 Å². The van der Waals surface area contributed by atoms with Crippen LogP contribution in [0, 0.1) is 10.1 Å². The molecule has 0 aliphatic heterocycles. The molecular formula is C17H10ClN3O2. The average molecular weight is 324 g/mol. The fraction of sp³-hybridized carbons (Fsp3) is 0. The zero-order chi connectivity index (χ0) is 16.0. The first-order valence-corrected chi connectivity index (χ1v) is 7.32. The van der Waals surface area contributed by atoms with E-state index >= 15 is 0 Å². The van der Waals surface area contributed by atoms with Crippen LogP contribution in [0.15, 0.2) is 54.7 Å². The van der Waals surface area contributed by atoms with Gasteiger partial charge in [-0.1, -0.05) is 17.7 Å². The van der Waals surface area contributed by atoms with Crippen molar-refractivity contribution < 1.29 is 4.92 Å². The molecule has 23 heavy (non-hydrogen) atoms. The van der Waals surface area contributed by atoms with Gasteiger partial charge in [0, 0.05) is 34.6 Å². The van der Waals surface area contributed by atoms with Crippen molar-refractivity contribution in [2.24, 2.45) is 0 Å². The van der Waals surface area contributed by atoms with Crippen molar-refractivity contribution >= 4 is 39.2 Å². The van der Waals surface area contributed by atoms with Crippen LogP contribution in [0.4, 0.5) is 5.69 Å². The van der Waals surface area contributed by atoms with Crippen LogP contribution in [-0.2, 0) is 0 Å². The lowest BCUT2D eigenvalue weighted by molar-refractivity contribution is -0.384. The highest BCUT2D eigenvalue weighted by molar-refractivity contribution is 6.37. The maximum atomic E-state index is 10.8. The van der Waals surface area contributed by atoms with Gasteiger partial charge >= 0.3 is 0 Å². The Bertz CT molecular complexity index is 1050. The lowest BCUT2D eigenvalue weighted by Crippen LogP contribution is -1.87. The summed E-state index contributed by atoms with van der Waals surface area (Å²) in [6.45, 7) is 0. The first-order chi connectivity index (χ1) is 11.1. The topological polar surface area (TPSA) is 71.8 Å². The standard InChI is InChI=1S/C17H10ClN3O2/c18-14-7-8-19-17-16(14)13-9-11(3-6-15(13)20-17)10-1-4-12(5-2-10)21(22)23/h1-9H,(H,19,20). The fourth-order valence-electron chi connectivity index (χ4n) is 2.73. The highest BCUT2D eigenvalue weighted by Gasteiger charge is 2.11. The minimum Gasteiger partial charge on any atom is -0.339 e. The monoisotopic (exact) mass is 323 g/mol. The first kappa shape index (κ1) is 13.7. The van der Waals surface area contributed by atoms with Crippen LogP contribution in [0.25, 0.3) is 33.1 Å². The number of rotatable bonds is 2. The van der Waals surface area contributed by atoms with E-state index in [-0.39, 0.29) is 5.69 Å². The second-order valence-electron chi connectivity index (χ2n) is 5.21. The molecule has 0 saturated heterocycles. The summed E-state index contributed by atoms with van der Waals surface area (Å²) in [4.78, 5) is 17.9. The highest BCUT2D eigenvalue weighted by atomic mass is 35.5. The zero-order valence-electron chi connectivity index (χ0n) is 11.8. The van der Waals surface area contributed by atoms with Crippen LogP contribution < -0.4 is 0 Å². The lowest BCUT2D eigenvalue weighted by atomic mass is 10.0. The maximum absolute atomic E-state index is 10.8. The van der Waals surface area contributed by atoms with E-state index in [0.29, 0.717) is 5.02 Å². The lowest BCUT2D eigenvalue weighted by Gasteiger charge is -2.02. The molecule has 0 spiro atoms. The van der Waals surface area contributed by atoms with Crippen molar-refractivity contribution in [3.8, 4) is 11.1 Å². The van der Waals surface area contributed by atoms with E-state index in [9.17, 15) is 10.1 Å². The number of hydrogen-bond donors (Lipinski definition) is 1. The molecule has 0 bridgehead atoms. The van der Waals surface area contributed by atoms with Crippen molar-refractivity contribution in [2.45, 2.75) is 0 Å². The van der Waals surface area contributed by atoms with E-state index in [1.165, 1.54) is 12.1 Å². The summed E-state index contributed by atoms with van der Waals surface area (Å²) in [6, 6.07) is 14.2. The van der Waals surface area contributed by atoms with Crippen molar-refractivity contribution in [3.05, 3.63) is 69.9 Å². The molecule has 0 amide bonds. The quantitative estimate of drug-likeness (QED) is 0.419. The molecule has 4 aromatic rings. The second kappa shape index (κ2) is 5.07. The number of halogens is 1. The van der Waals surface area contributed by atoms with E-state index in [1.807, 2.05) is 18.2 Å². The van der Waals surface area contributed by atoms with E-state index in [4.69, 9.17) is 11.6 Å². The number of non-ortho nitro benzene ring substituents is 1. The van der Waals surface area contributed by atoms with Crippen LogP contribution in [0.1, 0.15) is 0 Å². The number of nitro groups is 1. The zero-order valence-corrected chi connectivity index (χ0v) is 12.5. The third-order valence-electron chi connectivity index (χ3n) is 3.85. The molecule has 2 heterocycles. The van der Waals surface area contributed by atoms with E-state index in [2.05, 4.69) is 9.97 Å². The molecule has 0 fully saturated rings. The van der Waals surface area contributed by atoms with Gasteiger partial charge in [-0.05, 0) is 41.5 Å². The summed E-state index contributed by atoms with van der Waals surface area (Å²) in [5.41, 5.74) is 3.65. The molecule has 4 rings (SSSR count). The van der Waals surface area contributed by atoms with Gasteiger partial charge in [0.15, 0.2) is 0 Å². The Hall–Kier alpha value is -2.92. The van der Waals surface area contributed by atoms with E-state index in [0.717, 1.165) is 33.1 Å². The van der Waals surface area contributed by atoms with E-state index < -0.39 is 4.92 Å². The predicted molar refractivity (Wildman–Crippen MR) is 90.7 cm³/mol. The number of pyridine rings is 1. The Morgan fingerprint density at radius 3 is 2.52 bits per heavy atom. The van der Waals surface area contributed by atoms with E-state index in [1.54, 1.807) is 24.4 Å². The Kier molecular flexibility index (Phi) is 3.02. The largest absolute Gasteiger partial charge is 0.339 e. The van der Waals surface area contributed by atoms with Crippen molar-refractivity contribution in [3.63, 3.8) is 0 Å². The summed E-state index contributed by atoms with van der Waals surface area (Å²) in [6.07, 6.45) is 1.66. The number of hydrogen-bond acceptors (Lipinski definition) is 3. The third-order valence-corrected chi connectivity index (χ3v) is 4.17. The number of nitrogens with one attached hydrogen (secondary N) is 1. The molecule has 2 aromatic carbocycles. The normalized spacial score (nSPS) is 11.2. The summed E-state index contributed by atoms with van der Waals surface area (Å²) >= 11 is 6.30. The van der Waals surface area contributed by atoms with Crippen LogP contribution in [0.3, 0.4) is 0 Å². The van der Waals surface area contributed by atoms with Crippen molar-refractivity contribution in [1.82, 2.24) is 9.97 Å². The number of aromatic amines is 1. The van der Waals surface area contributed by atoms with Crippen LogP contribution in [-0.4, -0.2) is 14.9 Å². The summed E-state index contributed by atoms with van der Waals surface area (Å²) in [7, 11) is 0. The van der Waals surface area contributed by atoms with Gasteiger partial charge in [-0.2, -0.15) is 0 Å². The Morgan fingerprint density at radius 2 is 1.78 bits per heavy atom. The minimum atomic E-state index is -0.405. The Morgan fingerprint density at radius 1 is 1.04 bits per heavy atom. The number of H-pyrrole nitrogens is 1. The maximum Gasteiger partial charge on any atom is 0.269 e. The van der Waals surface area contributed by atoms with Crippen molar-refractivity contribution in [1.29, 1.82) is 0 Å². The molecule has 6 heteroatoms. The number of aromatic nitrogens is 2. The van der Waals surface area contributed by atoms with Gasteiger partial charge < -0.3 is 4.98 Å². The third kappa shape index (κ3) is 2.22. The molecule has 1 N–H and O–H groups in total. The first-order valence-electron chi connectivity index (χ1n) is 6.94. The molecule has 0 saturated carbocycles. The minimum absolute atomic E-state index is 0.0779. The molecule has 0 aliphatic carbocycles. The smallest absolute Gasteiger partial charge is 0.269 e. The van der Waals surface area contributed by atoms with Crippen LogP contribution in [0.5, 0.6) is 0 Å². The number of benzene rings is 2. The van der Waals surface area contributed by atoms with Gasteiger partial charge in [0.1, 0.15) is 5.65 Å². The molecule has 112 valence electrons. The summed E-state index contributed by atoms with van der Waals surface area (Å²) in [5.74, 6) is 0. The van der Waals surface area contributed by atoms with Gasteiger partial charge in [-0.25, -0.2) is 4.98 Å². The second-order valence-corrected chi connectivity index (χ2v) is 5.61. The molecule has 0 aliphatic rings. The van der Waals surface area contributed by atoms with Gasteiger partial charge in [-0.3, -0.25) is 10.1 Å². The van der Waals surface area contributed by atoms with Gasteiger partial charge in [0.25, 0.3) is 5.69 Å². The Balaban J connectivity index is 1.91. The number of fused-ring (bicyclic) bond motifs is 3. The molecule has 2 aromatic heterocycles.